The van der Waals surface area contributed by atoms with Gasteiger partial charge in [-0.3, -0.25) is 9.78 Å². The summed E-state index contributed by atoms with van der Waals surface area (Å²) in [6, 6.07) is 3.08. The van der Waals surface area contributed by atoms with Crippen LogP contribution in [-0.2, 0) is 0 Å². The van der Waals surface area contributed by atoms with Crippen molar-refractivity contribution in [3.8, 4) is 0 Å². The first-order valence-corrected chi connectivity index (χ1v) is 6.54. The predicted octanol–water partition coefficient (Wildman–Crippen LogP) is 2.10. The summed E-state index contributed by atoms with van der Waals surface area (Å²) in [5, 5.41) is 20.6. The Morgan fingerprint density at radius 3 is 2.48 bits per heavy atom. The summed E-state index contributed by atoms with van der Waals surface area (Å²) in [4.78, 5) is 38.0. The van der Waals surface area contributed by atoms with E-state index in [1.807, 2.05) is 0 Å². The number of pyridine rings is 1. The number of aromatic carboxylic acids is 2. The fourth-order valence-electron chi connectivity index (χ4n) is 1.74. The average molecular weight is 306 g/mol. The molecule has 0 fully saturated rings. The minimum absolute atomic E-state index is 0.00810. The van der Waals surface area contributed by atoms with Crippen LogP contribution in [0.2, 0.25) is 0 Å². The van der Waals surface area contributed by atoms with Crippen LogP contribution in [0.15, 0.2) is 24.5 Å². The van der Waals surface area contributed by atoms with Gasteiger partial charge in [-0.2, -0.15) is 0 Å². The molecule has 0 bridgehead atoms. The molecule has 0 radical (unpaired) electrons. The number of carboxylic acid groups (broad SMARTS) is 2. The van der Waals surface area contributed by atoms with E-state index in [1.165, 1.54) is 25.4 Å². The molecule has 108 valence electrons. The van der Waals surface area contributed by atoms with Gasteiger partial charge in [0.25, 0.3) is 5.91 Å². The third-order valence-electron chi connectivity index (χ3n) is 2.71. The van der Waals surface area contributed by atoms with Crippen LogP contribution in [0.3, 0.4) is 0 Å². The summed E-state index contributed by atoms with van der Waals surface area (Å²) >= 11 is 0.713. The van der Waals surface area contributed by atoms with Crippen LogP contribution in [0.4, 0.5) is 5.00 Å². The number of anilines is 1. The highest BCUT2D eigenvalue weighted by Crippen LogP contribution is 2.33. The van der Waals surface area contributed by atoms with Crippen molar-refractivity contribution in [3.05, 3.63) is 46.1 Å². The number of hydrogen-bond donors (Lipinski definition) is 3. The lowest BCUT2D eigenvalue weighted by atomic mass is 10.1. The molecule has 21 heavy (non-hydrogen) atoms. The van der Waals surface area contributed by atoms with E-state index in [1.54, 1.807) is 6.07 Å². The van der Waals surface area contributed by atoms with Crippen molar-refractivity contribution in [3.63, 3.8) is 0 Å². The number of carbonyl (C=O) groups is 3. The maximum Gasteiger partial charge on any atom is 0.346 e. The predicted molar refractivity (Wildman–Crippen MR) is 75.2 cm³/mol. The van der Waals surface area contributed by atoms with Gasteiger partial charge in [0.2, 0.25) is 0 Å². The summed E-state index contributed by atoms with van der Waals surface area (Å²) in [5.74, 6) is -3.08. The number of amides is 1. The highest BCUT2D eigenvalue weighted by molar-refractivity contribution is 7.18. The molecular weight excluding hydrogens is 296 g/mol. The van der Waals surface area contributed by atoms with E-state index in [0.29, 0.717) is 11.3 Å². The lowest BCUT2D eigenvalue weighted by molar-refractivity contribution is 0.0696. The molecule has 8 heteroatoms. The van der Waals surface area contributed by atoms with Crippen LogP contribution in [0.5, 0.6) is 0 Å². The van der Waals surface area contributed by atoms with Crippen LogP contribution in [-0.4, -0.2) is 33.0 Å². The number of nitrogens with zero attached hydrogens (tertiary/aromatic N) is 1. The molecule has 0 saturated carbocycles. The first-order chi connectivity index (χ1) is 9.91. The van der Waals surface area contributed by atoms with E-state index in [-0.39, 0.29) is 26.6 Å². The monoisotopic (exact) mass is 306 g/mol. The van der Waals surface area contributed by atoms with Gasteiger partial charge in [0.05, 0.1) is 11.1 Å². The van der Waals surface area contributed by atoms with E-state index in [9.17, 15) is 19.5 Å². The molecule has 0 spiro atoms. The van der Waals surface area contributed by atoms with E-state index in [2.05, 4.69) is 10.3 Å². The second-order valence-electron chi connectivity index (χ2n) is 4.07. The van der Waals surface area contributed by atoms with Crippen molar-refractivity contribution in [1.29, 1.82) is 0 Å². The molecule has 0 aromatic carbocycles. The smallest absolute Gasteiger partial charge is 0.346 e. The molecule has 2 rings (SSSR count). The van der Waals surface area contributed by atoms with Crippen molar-refractivity contribution in [1.82, 2.24) is 4.98 Å². The zero-order valence-electron chi connectivity index (χ0n) is 10.8. The second-order valence-corrected chi connectivity index (χ2v) is 5.09. The number of carbonyl (C=O) groups excluding carboxylic acids is 1. The molecule has 0 aliphatic carbocycles. The van der Waals surface area contributed by atoms with Crippen molar-refractivity contribution in [2.24, 2.45) is 0 Å². The topological polar surface area (TPSA) is 117 Å². The molecule has 0 aliphatic rings. The molecular formula is C13H10N2O5S. The van der Waals surface area contributed by atoms with Crippen LogP contribution >= 0.6 is 11.3 Å². The molecule has 2 heterocycles. The zero-order valence-corrected chi connectivity index (χ0v) is 11.6. The number of rotatable bonds is 4. The van der Waals surface area contributed by atoms with Gasteiger partial charge >= 0.3 is 11.9 Å². The lowest BCUT2D eigenvalue weighted by Crippen LogP contribution is -2.13. The van der Waals surface area contributed by atoms with Gasteiger partial charge in [0.1, 0.15) is 9.88 Å². The number of nitrogens with one attached hydrogen (secondary N) is 1. The fourth-order valence-corrected chi connectivity index (χ4v) is 2.77. The number of carboxylic acids is 2. The molecule has 0 saturated heterocycles. The highest BCUT2D eigenvalue weighted by Gasteiger charge is 2.25. The molecule has 2 aromatic rings. The van der Waals surface area contributed by atoms with E-state index in [0.717, 1.165) is 0 Å². The third kappa shape index (κ3) is 2.90. The summed E-state index contributed by atoms with van der Waals surface area (Å²) in [5.41, 5.74) is 0.146. The molecule has 0 unspecified atom stereocenters. The van der Waals surface area contributed by atoms with Crippen LogP contribution in [0.25, 0.3) is 0 Å². The summed E-state index contributed by atoms with van der Waals surface area (Å²) < 4.78 is 0. The maximum atomic E-state index is 12.0. The Labute approximate surface area is 122 Å². The molecule has 1 amide bonds. The normalized spacial score (nSPS) is 10.1. The van der Waals surface area contributed by atoms with Gasteiger partial charge < -0.3 is 15.5 Å². The Bertz CT molecular complexity index is 724. The number of thiophene rings is 1. The fraction of sp³-hybridized carbons (Fsp3) is 0.0769. The summed E-state index contributed by atoms with van der Waals surface area (Å²) in [7, 11) is 0. The standard InChI is InChI=1S/C13H10N2O5S/c1-6-8(12(17)18)11(21-9(6)13(19)20)15-10(16)7-3-2-4-14-5-7/h2-5H,1H3,(H,15,16)(H,17,18)(H,19,20). The molecule has 2 aromatic heterocycles. The van der Waals surface area contributed by atoms with Crippen LogP contribution in [0, 0.1) is 6.92 Å². The molecule has 0 aliphatic heterocycles. The lowest BCUT2D eigenvalue weighted by Gasteiger charge is -2.04. The Morgan fingerprint density at radius 1 is 1.24 bits per heavy atom. The van der Waals surface area contributed by atoms with Crippen molar-refractivity contribution in [2.45, 2.75) is 6.92 Å². The van der Waals surface area contributed by atoms with Crippen molar-refractivity contribution >= 4 is 34.2 Å². The Hall–Kier alpha value is -2.74. The summed E-state index contributed by atoms with van der Waals surface area (Å²) in [6.45, 7) is 1.39. The molecule has 3 N–H and O–H groups in total. The van der Waals surface area contributed by atoms with Gasteiger partial charge in [-0.15, -0.1) is 11.3 Å². The van der Waals surface area contributed by atoms with Crippen LogP contribution in [0.1, 0.15) is 36.0 Å². The third-order valence-corrected chi connectivity index (χ3v) is 3.90. The van der Waals surface area contributed by atoms with Gasteiger partial charge in [-0.1, -0.05) is 0 Å². The van der Waals surface area contributed by atoms with Gasteiger partial charge in [0.15, 0.2) is 0 Å². The zero-order chi connectivity index (χ0) is 15.6. The average Bonchev–Trinajstić information content (AvgIpc) is 2.76. The summed E-state index contributed by atoms with van der Waals surface area (Å²) in [6.07, 6.45) is 2.83. The van der Waals surface area contributed by atoms with Gasteiger partial charge in [-0.05, 0) is 24.6 Å². The largest absolute Gasteiger partial charge is 0.478 e. The van der Waals surface area contributed by atoms with E-state index >= 15 is 0 Å². The van der Waals surface area contributed by atoms with E-state index < -0.39 is 17.8 Å². The first-order valence-electron chi connectivity index (χ1n) is 5.73. The maximum absolute atomic E-state index is 12.0. The highest BCUT2D eigenvalue weighted by atomic mass is 32.1. The number of hydrogen-bond acceptors (Lipinski definition) is 5. The van der Waals surface area contributed by atoms with Crippen molar-refractivity contribution < 1.29 is 24.6 Å². The molecule has 0 atom stereocenters. The van der Waals surface area contributed by atoms with E-state index in [4.69, 9.17) is 5.11 Å². The van der Waals surface area contributed by atoms with Crippen LogP contribution < -0.4 is 5.32 Å². The minimum atomic E-state index is -1.29. The minimum Gasteiger partial charge on any atom is -0.478 e. The quantitative estimate of drug-likeness (QED) is 0.796. The Kier molecular flexibility index (Phi) is 3.99. The van der Waals surface area contributed by atoms with Crippen molar-refractivity contribution in [2.75, 3.05) is 5.32 Å². The Balaban J connectivity index is 2.40. The van der Waals surface area contributed by atoms with Gasteiger partial charge in [-0.25, -0.2) is 9.59 Å². The van der Waals surface area contributed by atoms with Gasteiger partial charge in [0, 0.05) is 12.4 Å². The second kappa shape index (κ2) is 5.71. The number of aromatic nitrogens is 1. The first kappa shape index (κ1) is 14.7. The molecule has 7 nitrogen and oxygen atoms in total. The Morgan fingerprint density at radius 2 is 1.95 bits per heavy atom. The SMILES string of the molecule is Cc1c(C(=O)O)sc(NC(=O)c2cccnc2)c1C(=O)O.